The van der Waals surface area contributed by atoms with Crippen molar-refractivity contribution in [3.63, 3.8) is 0 Å². The number of amides is 1. The Morgan fingerprint density at radius 1 is 1.47 bits per heavy atom. The Balaban J connectivity index is 2.56. The molecule has 104 valence electrons. The second-order valence-electron chi connectivity index (χ2n) is 3.80. The third kappa shape index (κ3) is 5.41. The van der Waals surface area contributed by atoms with Gasteiger partial charge in [-0.2, -0.15) is 13.2 Å². The van der Waals surface area contributed by atoms with Gasteiger partial charge in [-0.1, -0.05) is 6.07 Å². The van der Waals surface area contributed by atoms with E-state index in [9.17, 15) is 18.0 Å². The number of halogens is 3. The first-order chi connectivity index (χ1) is 8.82. The second-order valence-corrected chi connectivity index (χ2v) is 4.30. The van der Waals surface area contributed by atoms with Gasteiger partial charge in [0.05, 0.1) is 5.56 Å². The number of hydrogen-bond acceptors (Lipinski definition) is 3. The minimum atomic E-state index is -4.41. The Hall–Kier alpha value is -1.39. The number of benzene rings is 1. The summed E-state index contributed by atoms with van der Waals surface area (Å²) in [7, 11) is 0. The fraction of sp³-hybridized carbons (Fsp3) is 0.364. The summed E-state index contributed by atoms with van der Waals surface area (Å²) in [5.74, 6) is 0.0801. The summed E-state index contributed by atoms with van der Waals surface area (Å²) in [5.41, 5.74) is -0.782. The smallest absolute Gasteiger partial charge is 0.416 e. The number of alkyl halides is 3. The Bertz CT molecular complexity index is 439. The molecule has 0 fully saturated rings. The topological polar surface area (TPSA) is 47.6 Å². The minimum Gasteiger partial charge on any atom is -0.490 e. The first kappa shape index (κ1) is 15.7. The van der Waals surface area contributed by atoms with Crippen LogP contribution in [0.4, 0.5) is 18.0 Å². The Kier molecular flexibility index (Phi) is 5.51. The molecule has 0 aliphatic carbocycles. The molecule has 0 heterocycles. The van der Waals surface area contributed by atoms with Crippen LogP contribution in [0.3, 0.4) is 0 Å². The third-order valence-electron chi connectivity index (χ3n) is 2.16. The molecule has 0 radical (unpaired) electrons. The molecule has 1 amide bonds. The van der Waals surface area contributed by atoms with Gasteiger partial charge in [0.2, 0.25) is 0 Å². The van der Waals surface area contributed by atoms with Gasteiger partial charge in [-0.15, -0.1) is 0 Å². The van der Waals surface area contributed by atoms with Gasteiger partial charge in [-0.25, -0.2) is 4.79 Å². The highest BCUT2D eigenvalue weighted by Crippen LogP contribution is 2.31. The van der Waals surface area contributed by atoms with Crippen LogP contribution in [0.2, 0.25) is 0 Å². The second kappa shape index (κ2) is 6.68. The molecule has 1 aromatic rings. The maximum absolute atomic E-state index is 12.5. The SMILES string of the molecule is CC(COc1cccc(C(F)(F)F)c1)OC(=O)[NH][AlH2]. The third-order valence-corrected chi connectivity index (χ3v) is 2.57. The molecule has 1 aromatic carbocycles. The summed E-state index contributed by atoms with van der Waals surface area (Å²) in [4.78, 5) is 10.9. The largest absolute Gasteiger partial charge is 0.490 e. The molecule has 1 N–H and O–H groups in total. The first-order valence-electron chi connectivity index (χ1n) is 5.51. The molecule has 4 nitrogen and oxygen atoms in total. The Labute approximate surface area is 116 Å². The van der Waals surface area contributed by atoms with Gasteiger partial charge >= 0.3 is 28.8 Å². The van der Waals surface area contributed by atoms with Crippen molar-refractivity contribution in [1.29, 1.82) is 0 Å². The number of ether oxygens (including phenoxy) is 2. The van der Waals surface area contributed by atoms with E-state index in [1.165, 1.54) is 12.1 Å². The highest BCUT2D eigenvalue weighted by Gasteiger charge is 2.30. The highest BCUT2D eigenvalue weighted by atomic mass is 27.1. The van der Waals surface area contributed by atoms with E-state index in [-0.39, 0.29) is 12.4 Å². The van der Waals surface area contributed by atoms with E-state index in [1.807, 2.05) is 0 Å². The van der Waals surface area contributed by atoms with Crippen molar-refractivity contribution in [3.05, 3.63) is 29.8 Å². The predicted molar refractivity (Wildman–Crippen MR) is 64.6 cm³/mol. The molecule has 19 heavy (non-hydrogen) atoms. The molecule has 0 saturated heterocycles. The van der Waals surface area contributed by atoms with Gasteiger partial charge < -0.3 is 13.8 Å². The predicted octanol–water partition coefficient (Wildman–Crippen LogP) is 1.75. The number of hydrogen-bond donors (Lipinski definition) is 1. The Morgan fingerprint density at radius 3 is 2.74 bits per heavy atom. The van der Waals surface area contributed by atoms with E-state index in [4.69, 9.17) is 9.47 Å². The molecular formula is C11H13AlF3NO3. The summed E-state index contributed by atoms with van der Waals surface area (Å²) in [6.45, 7) is 1.57. The van der Waals surface area contributed by atoms with Crippen LogP contribution in [-0.4, -0.2) is 35.3 Å². The molecule has 0 aromatic heterocycles. The number of nitrogens with one attached hydrogen (secondary N) is 1. The zero-order valence-electron chi connectivity index (χ0n) is 10.5. The van der Waals surface area contributed by atoms with Gasteiger partial charge in [0.1, 0.15) is 18.5 Å². The molecule has 0 bridgehead atoms. The van der Waals surface area contributed by atoms with E-state index in [0.29, 0.717) is 16.5 Å². The minimum absolute atomic E-state index is 0.0176. The molecule has 1 rings (SSSR count). The highest BCUT2D eigenvalue weighted by molar-refractivity contribution is 6.12. The average molecular weight is 291 g/mol. The van der Waals surface area contributed by atoms with Crippen molar-refractivity contribution in [2.75, 3.05) is 6.61 Å². The van der Waals surface area contributed by atoms with Crippen LogP contribution in [0.1, 0.15) is 12.5 Å². The van der Waals surface area contributed by atoms with Crippen LogP contribution in [0.25, 0.3) is 0 Å². The van der Waals surface area contributed by atoms with Crippen LogP contribution in [0, 0.1) is 0 Å². The average Bonchev–Trinajstić information content (AvgIpc) is 2.35. The monoisotopic (exact) mass is 291 g/mol. The van der Waals surface area contributed by atoms with Gasteiger partial charge in [0, 0.05) is 0 Å². The standard InChI is InChI=1S/C11H12F3NO3.Al.2H/c1-7(18-10(15)16)6-17-9-4-2-3-8(5-9)11(12,13)14;;;/h2-5,7H,6H2,1H3,(H2,15,16);;;/q;+1;;/p-1. The zero-order valence-corrected chi connectivity index (χ0v) is 12.5. The summed E-state index contributed by atoms with van der Waals surface area (Å²) in [5, 5.41) is 0. The summed E-state index contributed by atoms with van der Waals surface area (Å²) < 4.78 is 49.8. The van der Waals surface area contributed by atoms with Gasteiger partial charge in [-0.05, 0) is 25.1 Å². The van der Waals surface area contributed by atoms with Crippen LogP contribution in [-0.2, 0) is 10.9 Å². The van der Waals surface area contributed by atoms with Crippen LogP contribution >= 0.6 is 0 Å². The normalized spacial score (nSPS) is 12.6. The summed E-state index contributed by atoms with van der Waals surface area (Å²) in [6, 6.07) is 4.53. The summed E-state index contributed by atoms with van der Waals surface area (Å²) in [6.07, 6.45) is -5.52. The Morgan fingerprint density at radius 2 is 2.16 bits per heavy atom. The van der Waals surface area contributed by atoms with Crippen LogP contribution < -0.4 is 9.04 Å². The van der Waals surface area contributed by atoms with Crippen LogP contribution in [0.15, 0.2) is 24.3 Å². The van der Waals surface area contributed by atoms with E-state index >= 15 is 0 Å². The van der Waals surface area contributed by atoms with Gasteiger partial charge in [-0.3, -0.25) is 0 Å². The number of carbonyl (C=O) groups excluding carboxylic acids is 1. The molecule has 8 heteroatoms. The summed E-state index contributed by atoms with van der Waals surface area (Å²) >= 11 is 0.461. The van der Waals surface area contributed by atoms with E-state index in [1.54, 1.807) is 6.92 Å². The lowest BCUT2D eigenvalue weighted by Crippen LogP contribution is -2.28. The number of rotatable bonds is 4. The molecule has 1 unspecified atom stereocenters. The van der Waals surface area contributed by atoms with Crippen molar-refractivity contribution in [3.8, 4) is 5.75 Å². The molecule has 0 saturated carbocycles. The van der Waals surface area contributed by atoms with Crippen molar-refractivity contribution in [1.82, 2.24) is 4.30 Å². The quantitative estimate of drug-likeness (QED) is 0.860. The molecule has 0 spiro atoms. The van der Waals surface area contributed by atoms with Gasteiger partial charge in [0.15, 0.2) is 0 Å². The van der Waals surface area contributed by atoms with Crippen molar-refractivity contribution in [2.24, 2.45) is 0 Å². The maximum atomic E-state index is 12.5. The lowest BCUT2D eigenvalue weighted by molar-refractivity contribution is -0.137. The molecule has 0 aliphatic rings. The number of carbonyl (C=O) groups is 1. The first-order valence-corrected chi connectivity index (χ1v) is 6.51. The molecular weight excluding hydrogens is 278 g/mol. The fourth-order valence-corrected chi connectivity index (χ4v) is 1.37. The van der Waals surface area contributed by atoms with Crippen LogP contribution in [0.5, 0.6) is 5.75 Å². The lowest BCUT2D eigenvalue weighted by Gasteiger charge is -2.15. The van der Waals surface area contributed by atoms with Crippen molar-refractivity contribution < 1.29 is 27.4 Å². The lowest BCUT2D eigenvalue weighted by atomic mass is 10.2. The fourth-order valence-electron chi connectivity index (χ4n) is 1.25. The molecule has 1 atom stereocenters. The maximum Gasteiger partial charge on any atom is 0.416 e. The zero-order chi connectivity index (χ0) is 14.5. The van der Waals surface area contributed by atoms with Gasteiger partial charge in [0.25, 0.3) is 0 Å². The molecule has 0 aliphatic heterocycles. The van der Waals surface area contributed by atoms with Crippen molar-refractivity contribution in [2.45, 2.75) is 19.2 Å². The van der Waals surface area contributed by atoms with E-state index in [0.717, 1.165) is 12.1 Å². The van der Waals surface area contributed by atoms with E-state index < -0.39 is 23.9 Å². The van der Waals surface area contributed by atoms with Crippen molar-refractivity contribution >= 4 is 22.6 Å². The van der Waals surface area contributed by atoms with E-state index in [2.05, 4.69) is 4.30 Å².